The van der Waals surface area contributed by atoms with Crippen molar-refractivity contribution in [3.05, 3.63) is 40.0 Å². The average Bonchev–Trinajstić information content (AvgIpc) is 3.23. The van der Waals surface area contributed by atoms with Gasteiger partial charge in [0.1, 0.15) is 11.6 Å². The van der Waals surface area contributed by atoms with Gasteiger partial charge in [0.05, 0.1) is 36.0 Å². The molecule has 0 unspecified atom stereocenters. The molecule has 32 heavy (non-hydrogen) atoms. The maximum Gasteiger partial charge on any atom is 0.451 e. The number of halogens is 3. The van der Waals surface area contributed by atoms with Crippen molar-refractivity contribution < 1.29 is 32.6 Å². The average molecular weight is 486 g/mol. The topological polar surface area (TPSA) is 106 Å². The fourth-order valence-electron chi connectivity index (χ4n) is 2.59. The summed E-state index contributed by atoms with van der Waals surface area (Å²) in [5, 5.41) is 9.17. The number of nitrogens with zero attached hydrogens (tertiary/aromatic N) is 4. The minimum atomic E-state index is -4.76. The lowest BCUT2D eigenvalue weighted by atomic mass is 10.3. The first-order chi connectivity index (χ1) is 15.1. The zero-order chi connectivity index (χ0) is 23.5. The van der Waals surface area contributed by atoms with Crippen LogP contribution in [0.2, 0.25) is 0 Å². The van der Waals surface area contributed by atoms with Gasteiger partial charge in [-0.15, -0.1) is 11.3 Å². The van der Waals surface area contributed by atoms with E-state index in [4.69, 9.17) is 9.84 Å². The minimum Gasteiger partial charge on any atom is -0.481 e. The standard InChI is InChI=1S/C19H17F3N4O4S2/c1-26(16(29)8-27)7-10-3-4-14(32-10)13(28)9-31-17-11-5-15(30-2)23-6-12(11)24-18(25-17)19(20,21)22/h3-6,27H,7-9H2,1-2H3. The van der Waals surface area contributed by atoms with Crippen LogP contribution in [0.5, 0.6) is 5.88 Å². The number of alkyl halides is 3. The second-order valence-corrected chi connectivity index (χ2v) is 8.61. The molecule has 0 radical (unpaired) electrons. The smallest absolute Gasteiger partial charge is 0.451 e. The monoisotopic (exact) mass is 486 g/mol. The second-order valence-electron chi connectivity index (χ2n) is 6.48. The molecule has 170 valence electrons. The summed E-state index contributed by atoms with van der Waals surface area (Å²) >= 11 is 2.03. The number of ether oxygens (including phenoxy) is 1. The van der Waals surface area contributed by atoms with Crippen LogP contribution in [0.15, 0.2) is 29.4 Å². The quantitative estimate of drug-likeness (QED) is 0.294. The van der Waals surface area contributed by atoms with Crippen molar-refractivity contribution in [2.75, 3.05) is 26.5 Å². The van der Waals surface area contributed by atoms with Crippen LogP contribution < -0.4 is 4.74 Å². The number of hydrogen-bond donors (Lipinski definition) is 1. The highest BCUT2D eigenvalue weighted by Crippen LogP contribution is 2.33. The lowest BCUT2D eigenvalue weighted by molar-refractivity contribution is -0.145. The molecule has 0 spiro atoms. The first-order valence-electron chi connectivity index (χ1n) is 9.01. The van der Waals surface area contributed by atoms with Gasteiger partial charge in [0.15, 0.2) is 5.78 Å². The van der Waals surface area contributed by atoms with E-state index in [1.807, 2.05) is 0 Å². The SMILES string of the molecule is COc1cc2c(SCC(=O)c3ccc(CN(C)C(=O)CO)s3)nc(C(F)(F)F)nc2cn1. The lowest BCUT2D eigenvalue weighted by Gasteiger charge is -2.14. The molecule has 1 N–H and O–H groups in total. The Balaban J connectivity index is 1.80. The summed E-state index contributed by atoms with van der Waals surface area (Å²) in [6.07, 6.45) is -3.60. The Bertz CT molecular complexity index is 1150. The number of methoxy groups -OCH3 is 1. The summed E-state index contributed by atoms with van der Waals surface area (Å²) < 4.78 is 44.6. The van der Waals surface area contributed by atoms with Gasteiger partial charge >= 0.3 is 6.18 Å². The van der Waals surface area contributed by atoms with E-state index in [0.29, 0.717) is 10.3 Å². The highest BCUT2D eigenvalue weighted by Gasteiger charge is 2.35. The van der Waals surface area contributed by atoms with Gasteiger partial charge in [0, 0.05) is 23.4 Å². The number of Topliss-reactive ketones (excluding diaryl/α,β-unsaturated/α-hetero) is 1. The molecular formula is C19H17F3N4O4S2. The maximum atomic E-state index is 13.2. The predicted molar refractivity (Wildman–Crippen MR) is 112 cm³/mol. The molecule has 13 heteroatoms. The Morgan fingerprint density at radius 2 is 2.03 bits per heavy atom. The van der Waals surface area contributed by atoms with Crippen LogP contribution in [0.4, 0.5) is 13.2 Å². The molecule has 8 nitrogen and oxygen atoms in total. The van der Waals surface area contributed by atoms with Crippen LogP contribution >= 0.6 is 23.1 Å². The van der Waals surface area contributed by atoms with Crippen molar-refractivity contribution in [1.29, 1.82) is 0 Å². The van der Waals surface area contributed by atoms with E-state index < -0.39 is 24.5 Å². The molecule has 3 aromatic heterocycles. The van der Waals surface area contributed by atoms with Gasteiger partial charge in [-0.25, -0.2) is 15.0 Å². The molecule has 0 fully saturated rings. The van der Waals surface area contributed by atoms with Crippen molar-refractivity contribution >= 4 is 45.7 Å². The summed E-state index contributed by atoms with van der Waals surface area (Å²) in [6.45, 7) is -0.389. The molecule has 0 aliphatic carbocycles. The van der Waals surface area contributed by atoms with Crippen molar-refractivity contribution in [1.82, 2.24) is 19.9 Å². The van der Waals surface area contributed by atoms with Crippen LogP contribution in [0.1, 0.15) is 20.4 Å². The Kier molecular flexibility index (Phi) is 7.31. The number of thiophene rings is 1. The van der Waals surface area contributed by atoms with Gasteiger partial charge in [-0.1, -0.05) is 11.8 Å². The van der Waals surface area contributed by atoms with E-state index >= 15 is 0 Å². The normalized spacial score (nSPS) is 11.6. The van der Waals surface area contributed by atoms with Gasteiger partial charge in [0.25, 0.3) is 0 Å². The van der Waals surface area contributed by atoms with Crippen molar-refractivity contribution in [2.45, 2.75) is 17.7 Å². The molecule has 0 atom stereocenters. The number of pyridine rings is 1. The van der Waals surface area contributed by atoms with Crippen LogP contribution in [0.3, 0.4) is 0 Å². The number of amides is 1. The van der Waals surface area contributed by atoms with Crippen molar-refractivity contribution in [3.63, 3.8) is 0 Å². The number of rotatable bonds is 8. The van der Waals surface area contributed by atoms with E-state index in [2.05, 4.69) is 15.0 Å². The number of aliphatic hydroxyl groups excluding tert-OH is 1. The first kappa shape index (κ1) is 23.9. The van der Waals surface area contributed by atoms with Crippen LogP contribution in [0, 0.1) is 0 Å². The van der Waals surface area contributed by atoms with Gasteiger partial charge < -0.3 is 14.7 Å². The summed E-state index contributed by atoms with van der Waals surface area (Å²) in [4.78, 5) is 37.5. The van der Waals surface area contributed by atoms with Gasteiger partial charge in [-0.3, -0.25) is 9.59 Å². The number of fused-ring (bicyclic) bond motifs is 1. The molecule has 3 rings (SSSR count). The van der Waals surface area contributed by atoms with Crippen LogP contribution in [0.25, 0.3) is 10.9 Å². The number of aliphatic hydroxyl groups is 1. The number of thioether (sulfide) groups is 1. The number of likely N-dealkylation sites (N-methyl/N-ethyl adjacent to an activating group) is 1. The predicted octanol–water partition coefficient (Wildman–Crippen LogP) is 3.04. The molecule has 0 aliphatic rings. The third-order valence-electron chi connectivity index (χ3n) is 4.22. The third kappa shape index (κ3) is 5.53. The van der Waals surface area contributed by atoms with Gasteiger partial charge in [-0.05, 0) is 12.1 Å². The molecule has 1 amide bonds. The Hall–Kier alpha value is -2.77. The molecular weight excluding hydrogens is 469 g/mol. The van der Waals surface area contributed by atoms with E-state index in [-0.39, 0.29) is 34.5 Å². The molecule has 0 aliphatic heterocycles. The first-order valence-corrected chi connectivity index (χ1v) is 10.8. The lowest BCUT2D eigenvalue weighted by Crippen LogP contribution is -2.28. The van der Waals surface area contributed by atoms with E-state index in [1.54, 1.807) is 12.1 Å². The van der Waals surface area contributed by atoms with E-state index in [9.17, 15) is 22.8 Å². The second kappa shape index (κ2) is 9.79. The van der Waals surface area contributed by atoms with E-state index in [1.165, 1.54) is 36.5 Å². The maximum absolute atomic E-state index is 13.2. The number of hydrogen-bond acceptors (Lipinski definition) is 9. The molecule has 0 saturated heterocycles. The van der Waals surface area contributed by atoms with Crippen LogP contribution in [-0.2, 0) is 17.5 Å². The highest BCUT2D eigenvalue weighted by atomic mass is 32.2. The number of carbonyl (C=O) groups excluding carboxylic acids is 2. The van der Waals surface area contributed by atoms with E-state index in [0.717, 1.165) is 22.8 Å². The van der Waals surface area contributed by atoms with Crippen molar-refractivity contribution in [3.8, 4) is 5.88 Å². The minimum absolute atomic E-state index is 0.0126. The molecule has 3 heterocycles. The number of carbonyl (C=O) groups is 2. The fourth-order valence-corrected chi connectivity index (χ4v) is 4.58. The van der Waals surface area contributed by atoms with Crippen LogP contribution in [-0.4, -0.2) is 63.2 Å². The Morgan fingerprint density at radius 1 is 1.28 bits per heavy atom. The molecule has 0 bridgehead atoms. The molecule has 3 aromatic rings. The van der Waals surface area contributed by atoms with Gasteiger partial charge in [0.2, 0.25) is 17.6 Å². The Labute approximate surface area is 188 Å². The zero-order valence-electron chi connectivity index (χ0n) is 16.8. The highest BCUT2D eigenvalue weighted by molar-refractivity contribution is 8.00. The van der Waals surface area contributed by atoms with Crippen molar-refractivity contribution in [2.24, 2.45) is 0 Å². The number of aromatic nitrogens is 3. The summed E-state index contributed by atoms with van der Waals surface area (Å²) in [6, 6.07) is 4.69. The summed E-state index contributed by atoms with van der Waals surface area (Å²) in [7, 11) is 2.90. The molecule has 0 aromatic carbocycles. The largest absolute Gasteiger partial charge is 0.481 e. The van der Waals surface area contributed by atoms with Gasteiger partial charge in [-0.2, -0.15) is 13.2 Å². The molecule has 0 saturated carbocycles. The zero-order valence-corrected chi connectivity index (χ0v) is 18.5. The third-order valence-corrected chi connectivity index (χ3v) is 6.32. The number of ketones is 1. The summed E-state index contributed by atoms with van der Waals surface area (Å²) in [5.74, 6) is -2.05. The fraction of sp³-hybridized carbons (Fsp3) is 0.316. The Morgan fingerprint density at radius 3 is 2.69 bits per heavy atom. The summed E-state index contributed by atoms with van der Waals surface area (Å²) in [5.41, 5.74) is -0.0157.